The van der Waals surface area contributed by atoms with Crippen molar-refractivity contribution < 1.29 is 4.79 Å². The number of pyridine rings is 1. The first-order valence-electron chi connectivity index (χ1n) is 9.72. The minimum Gasteiger partial charge on any atom is -0.351 e. The Hall–Kier alpha value is -1.95. The van der Waals surface area contributed by atoms with E-state index >= 15 is 0 Å². The molecule has 2 fully saturated rings. The fourth-order valence-corrected chi connectivity index (χ4v) is 5.53. The number of thiazole rings is 1. The molecular weight excluding hydrogens is 344 g/mol. The standard InChI is InChI=1S/C20H22N4OS/c1-11-8-14-16(9-24(20(14)25)13-4-5-13)21-18(11)23-7-6-15-17(10-23)26-19(22-15)12-2-3-12/h8,12-13H,2-7,9-10H2,1H3. The molecule has 2 aliphatic heterocycles. The molecular formula is C20H22N4OS. The molecule has 1 amide bonds. The van der Waals surface area contributed by atoms with Crippen LogP contribution in [-0.2, 0) is 19.5 Å². The molecule has 0 aromatic carbocycles. The predicted octanol–water partition coefficient (Wildman–Crippen LogP) is 3.40. The van der Waals surface area contributed by atoms with Crippen LogP contribution >= 0.6 is 11.3 Å². The summed E-state index contributed by atoms with van der Waals surface area (Å²) in [5.41, 5.74) is 4.22. The maximum Gasteiger partial charge on any atom is 0.256 e. The number of rotatable bonds is 3. The molecule has 0 N–H and O–H groups in total. The number of carbonyl (C=O) groups is 1. The molecule has 5 nitrogen and oxygen atoms in total. The van der Waals surface area contributed by atoms with Crippen molar-refractivity contribution in [2.24, 2.45) is 0 Å². The third kappa shape index (κ3) is 2.31. The van der Waals surface area contributed by atoms with Crippen molar-refractivity contribution in [2.45, 2.75) is 64.1 Å². The second kappa shape index (κ2) is 5.28. The number of hydrogen-bond donors (Lipinski definition) is 0. The predicted molar refractivity (Wildman–Crippen MR) is 101 cm³/mol. The van der Waals surface area contributed by atoms with E-state index in [0.717, 1.165) is 60.9 Å². The van der Waals surface area contributed by atoms with Gasteiger partial charge in [0, 0.05) is 29.8 Å². The van der Waals surface area contributed by atoms with Gasteiger partial charge in [-0.3, -0.25) is 4.79 Å². The van der Waals surface area contributed by atoms with E-state index in [2.05, 4.69) is 17.9 Å². The highest BCUT2D eigenvalue weighted by Crippen LogP contribution is 2.44. The van der Waals surface area contributed by atoms with E-state index in [-0.39, 0.29) is 5.91 Å². The van der Waals surface area contributed by atoms with Crippen LogP contribution in [0, 0.1) is 6.92 Å². The first-order chi connectivity index (χ1) is 12.7. The van der Waals surface area contributed by atoms with Gasteiger partial charge in [0.2, 0.25) is 0 Å². The summed E-state index contributed by atoms with van der Waals surface area (Å²) in [6, 6.07) is 2.52. The molecule has 2 saturated carbocycles. The molecule has 0 spiro atoms. The molecule has 0 unspecified atom stereocenters. The lowest BCUT2D eigenvalue weighted by Gasteiger charge is -2.28. The van der Waals surface area contributed by atoms with Crippen LogP contribution in [-0.4, -0.2) is 33.4 Å². The van der Waals surface area contributed by atoms with E-state index < -0.39 is 0 Å². The summed E-state index contributed by atoms with van der Waals surface area (Å²) in [5.74, 6) is 1.97. The van der Waals surface area contributed by atoms with Crippen LogP contribution in [0.25, 0.3) is 0 Å². The molecule has 2 aliphatic carbocycles. The van der Waals surface area contributed by atoms with Crippen LogP contribution in [0.1, 0.15) is 68.8 Å². The summed E-state index contributed by atoms with van der Waals surface area (Å²) in [6.07, 6.45) is 5.93. The summed E-state index contributed by atoms with van der Waals surface area (Å²) in [5, 5.41) is 1.35. The first-order valence-corrected chi connectivity index (χ1v) is 10.5. The van der Waals surface area contributed by atoms with Crippen molar-refractivity contribution in [3.63, 3.8) is 0 Å². The Morgan fingerprint density at radius 2 is 1.96 bits per heavy atom. The molecule has 4 aliphatic rings. The second-order valence-electron chi connectivity index (χ2n) is 8.16. The summed E-state index contributed by atoms with van der Waals surface area (Å²) in [7, 11) is 0. The molecule has 4 heterocycles. The largest absolute Gasteiger partial charge is 0.351 e. The van der Waals surface area contributed by atoms with Crippen molar-refractivity contribution in [3.05, 3.63) is 38.5 Å². The maximum absolute atomic E-state index is 12.6. The van der Waals surface area contributed by atoms with Gasteiger partial charge in [0.1, 0.15) is 5.82 Å². The van der Waals surface area contributed by atoms with Crippen LogP contribution in [0.5, 0.6) is 0 Å². The fraction of sp³-hybridized carbons (Fsp3) is 0.550. The average Bonchev–Trinajstić information content (AvgIpc) is 3.56. The molecule has 26 heavy (non-hydrogen) atoms. The monoisotopic (exact) mass is 366 g/mol. The Labute approximate surface area is 157 Å². The zero-order valence-electron chi connectivity index (χ0n) is 15.0. The van der Waals surface area contributed by atoms with Gasteiger partial charge in [0.25, 0.3) is 5.91 Å². The van der Waals surface area contributed by atoms with Crippen molar-refractivity contribution in [1.29, 1.82) is 0 Å². The number of anilines is 1. The highest BCUT2D eigenvalue weighted by molar-refractivity contribution is 7.11. The lowest BCUT2D eigenvalue weighted by atomic mass is 10.1. The van der Waals surface area contributed by atoms with Gasteiger partial charge in [-0.2, -0.15) is 0 Å². The van der Waals surface area contributed by atoms with E-state index in [1.807, 2.05) is 16.2 Å². The number of fused-ring (bicyclic) bond motifs is 2. The SMILES string of the molecule is Cc1cc2c(nc1N1CCc3nc(C4CC4)sc3C1)CN(C1CC1)C2=O. The molecule has 134 valence electrons. The van der Waals surface area contributed by atoms with Gasteiger partial charge >= 0.3 is 0 Å². The topological polar surface area (TPSA) is 49.3 Å². The van der Waals surface area contributed by atoms with E-state index in [9.17, 15) is 4.79 Å². The van der Waals surface area contributed by atoms with Crippen LogP contribution in [0.4, 0.5) is 5.82 Å². The van der Waals surface area contributed by atoms with Crippen molar-refractivity contribution in [1.82, 2.24) is 14.9 Å². The van der Waals surface area contributed by atoms with Gasteiger partial charge in [0.15, 0.2) is 0 Å². The number of aryl methyl sites for hydroxylation is 1. The molecule has 0 atom stereocenters. The van der Waals surface area contributed by atoms with Crippen molar-refractivity contribution in [3.8, 4) is 0 Å². The van der Waals surface area contributed by atoms with Gasteiger partial charge in [-0.15, -0.1) is 11.3 Å². The fourth-order valence-electron chi connectivity index (χ4n) is 4.24. The van der Waals surface area contributed by atoms with E-state index in [4.69, 9.17) is 9.97 Å². The Balaban J connectivity index is 1.31. The maximum atomic E-state index is 12.6. The molecule has 2 aromatic heterocycles. The molecule has 0 bridgehead atoms. The van der Waals surface area contributed by atoms with Crippen molar-refractivity contribution in [2.75, 3.05) is 11.4 Å². The normalized spacial score (nSPS) is 22.0. The minimum atomic E-state index is 0.183. The van der Waals surface area contributed by atoms with Crippen LogP contribution in [0.15, 0.2) is 6.07 Å². The summed E-state index contributed by atoms with van der Waals surface area (Å²) in [4.78, 5) is 28.3. The smallest absolute Gasteiger partial charge is 0.256 e. The van der Waals surface area contributed by atoms with Gasteiger partial charge in [-0.05, 0) is 44.2 Å². The van der Waals surface area contributed by atoms with Crippen LogP contribution < -0.4 is 4.90 Å². The van der Waals surface area contributed by atoms with Gasteiger partial charge in [-0.1, -0.05) is 0 Å². The average molecular weight is 366 g/mol. The summed E-state index contributed by atoms with van der Waals surface area (Å²) >= 11 is 1.91. The molecule has 2 aromatic rings. The van der Waals surface area contributed by atoms with Gasteiger partial charge in [-0.25, -0.2) is 9.97 Å². The Bertz CT molecular complexity index is 928. The number of hydrogen-bond acceptors (Lipinski definition) is 5. The first kappa shape index (κ1) is 15.1. The third-order valence-electron chi connectivity index (χ3n) is 6.04. The second-order valence-corrected chi connectivity index (χ2v) is 9.27. The number of nitrogens with zero attached hydrogens (tertiary/aromatic N) is 4. The summed E-state index contributed by atoms with van der Waals surface area (Å²) in [6.45, 7) is 4.66. The highest BCUT2D eigenvalue weighted by Gasteiger charge is 2.39. The van der Waals surface area contributed by atoms with Crippen LogP contribution in [0.2, 0.25) is 0 Å². The van der Waals surface area contributed by atoms with E-state index in [1.54, 1.807) is 0 Å². The third-order valence-corrected chi connectivity index (χ3v) is 7.28. The zero-order valence-corrected chi connectivity index (χ0v) is 15.8. The lowest BCUT2D eigenvalue weighted by molar-refractivity contribution is 0.0766. The lowest BCUT2D eigenvalue weighted by Crippen LogP contribution is -2.31. The number of amides is 1. The highest BCUT2D eigenvalue weighted by atomic mass is 32.1. The molecule has 0 saturated heterocycles. The van der Waals surface area contributed by atoms with E-state index in [1.165, 1.54) is 28.4 Å². The zero-order chi connectivity index (χ0) is 17.4. The Morgan fingerprint density at radius 1 is 1.12 bits per heavy atom. The summed E-state index contributed by atoms with van der Waals surface area (Å²) < 4.78 is 0. The Morgan fingerprint density at radius 3 is 2.73 bits per heavy atom. The van der Waals surface area contributed by atoms with Gasteiger partial charge in [0.05, 0.1) is 35.0 Å². The van der Waals surface area contributed by atoms with Crippen molar-refractivity contribution >= 4 is 23.1 Å². The number of aromatic nitrogens is 2. The quantitative estimate of drug-likeness (QED) is 0.835. The number of carbonyl (C=O) groups excluding carboxylic acids is 1. The molecule has 0 radical (unpaired) electrons. The Kier molecular flexibility index (Phi) is 3.08. The minimum absolute atomic E-state index is 0.183. The molecule has 6 rings (SSSR count). The van der Waals surface area contributed by atoms with E-state index in [0.29, 0.717) is 12.6 Å². The molecule has 6 heteroatoms. The van der Waals surface area contributed by atoms with Crippen LogP contribution in [0.3, 0.4) is 0 Å². The van der Waals surface area contributed by atoms with Gasteiger partial charge < -0.3 is 9.80 Å².